The SMILES string of the molecule is COc1cc(-c2cc(C(F)(F)F)[nH]c(=S)n2)ccc1Cl. The maximum absolute atomic E-state index is 12.7. The largest absolute Gasteiger partial charge is 0.495 e. The number of aromatic amines is 1. The van der Waals surface area contributed by atoms with E-state index in [1.807, 2.05) is 4.98 Å². The third kappa shape index (κ3) is 3.10. The molecule has 1 aromatic carbocycles. The molecule has 2 aromatic rings. The number of nitrogens with zero attached hydrogens (tertiary/aromatic N) is 1. The van der Waals surface area contributed by atoms with Crippen molar-refractivity contribution in [2.45, 2.75) is 6.18 Å². The molecule has 0 unspecified atom stereocenters. The molecule has 20 heavy (non-hydrogen) atoms. The van der Waals surface area contributed by atoms with Gasteiger partial charge in [0.1, 0.15) is 11.4 Å². The predicted molar refractivity (Wildman–Crippen MR) is 71.4 cm³/mol. The van der Waals surface area contributed by atoms with Crippen molar-refractivity contribution in [1.82, 2.24) is 9.97 Å². The zero-order valence-corrected chi connectivity index (χ0v) is 11.7. The van der Waals surface area contributed by atoms with E-state index in [-0.39, 0.29) is 10.5 Å². The lowest BCUT2D eigenvalue weighted by molar-refractivity contribution is -0.141. The monoisotopic (exact) mass is 320 g/mol. The summed E-state index contributed by atoms with van der Waals surface area (Å²) in [5.74, 6) is 0.346. The van der Waals surface area contributed by atoms with Crippen LogP contribution >= 0.6 is 23.8 Å². The highest BCUT2D eigenvalue weighted by Crippen LogP contribution is 2.32. The number of nitrogens with one attached hydrogen (secondary N) is 1. The van der Waals surface area contributed by atoms with Crippen LogP contribution in [0.4, 0.5) is 13.2 Å². The van der Waals surface area contributed by atoms with E-state index in [4.69, 9.17) is 28.6 Å². The molecule has 0 spiro atoms. The third-order valence-corrected chi connectivity index (χ3v) is 3.00. The van der Waals surface area contributed by atoms with E-state index in [1.54, 1.807) is 6.07 Å². The van der Waals surface area contributed by atoms with Crippen molar-refractivity contribution in [1.29, 1.82) is 0 Å². The normalized spacial score (nSPS) is 11.4. The minimum Gasteiger partial charge on any atom is -0.495 e. The molecule has 0 bridgehead atoms. The lowest BCUT2D eigenvalue weighted by Gasteiger charge is -2.10. The highest BCUT2D eigenvalue weighted by Gasteiger charge is 2.32. The van der Waals surface area contributed by atoms with Gasteiger partial charge in [0.25, 0.3) is 0 Å². The molecule has 0 saturated heterocycles. The highest BCUT2D eigenvalue weighted by atomic mass is 35.5. The Hall–Kier alpha value is -1.60. The van der Waals surface area contributed by atoms with Crippen molar-refractivity contribution in [2.75, 3.05) is 7.11 Å². The number of hydrogen-bond acceptors (Lipinski definition) is 3. The van der Waals surface area contributed by atoms with E-state index in [1.165, 1.54) is 19.2 Å². The number of halogens is 4. The Balaban J connectivity index is 2.58. The molecule has 0 radical (unpaired) electrons. The van der Waals surface area contributed by atoms with Crippen LogP contribution in [0.25, 0.3) is 11.3 Å². The molecule has 8 heteroatoms. The molecule has 3 nitrogen and oxygen atoms in total. The van der Waals surface area contributed by atoms with E-state index in [2.05, 4.69) is 4.98 Å². The van der Waals surface area contributed by atoms with Crippen LogP contribution < -0.4 is 4.74 Å². The molecule has 0 aliphatic rings. The summed E-state index contributed by atoms with van der Waals surface area (Å²) in [6, 6.07) is 5.45. The first kappa shape index (κ1) is 14.8. The smallest absolute Gasteiger partial charge is 0.431 e. The second kappa shape index (κ2) is 5.41. The molecule has 1 heterocycles. The van der Waals surface area contributed by atoms with Gasteiger partial charge in [-0.25, -0.2) is 4.98 Å². The molecule has 2 rings (SSSR count). The lowest BCUT2D eigenvalue weighted by atomic mass is 10.1. The van der Waals surface area contributed by atoms with Gasteiger partial charge in [-0.3, -0.25) is 0 Å². The molecule has 0 atom stereocenters. The summed E-state index contributed by atoms with van der Waals surface area (Å²) in [5.41, 5.74) is -0.436. The Kier molecular flexibility index (Phi) is 4.01. The van der Waals surface area contributed by atoms with Crippen LogP contribution in [0.1, 0.15) is 5.69 Å². The standard InChI is InChI=1S/C12H8ClF3N2OS/c1-19-9-4-6(2-3-7(9)13)8-5-10(12(14,15)16)18-11(20)17-8/h2-5H,1H3,(H,17,18,20). The fourth-order valence-corrected chi connectivity index (χ4v) is 1.98. The van der Waals surface area contributed by atoms with Gasteiger partial charge >= 0.3 is 6.18 Å². The van der Waals surface area contributed by atoms with Gasteiger partial charge in [0, 0.05) is 5.56 Å². The molecular weight excluding hydrogens is 313 g/mol. The number of benzene rings is 1. The minimum atomic E-state index is -4.53. The number of aromatic nitrogens is 2. The average Bonchev–Trinajstić information content (AvgIpc) is 2.37. The van der Waals surface area contributed by atoms with Gasteiger partial charge in [0.05, 0.1) is 17.8 Å². The first-order chi connectivity index (χ1) is 9.31. The average molecular weight is 321 g/mol. The van der Waals surface area contributed by atoms with Crippen LogP contribution in [0.2, 0.25) is 5.02 Å². The Morgan fingerprint density at radius 1 is 1.30 bits per heavy atom. The van der Waals surface area contributed by atoms with Gasteiger partial charge in [-0.05, 0) is 30.4 Å². The molecule has 0 saturated carbocycles. The third-order valence-electron chi connectivity index (χ3n) is 2.50. The number of H-pyrrole nitrogens is 1. The summed E-state index contributed by atoms with van der Waals surface area (Å²) >= 11 is 10.6. The Morgan fingerprint density at radius 3 is 2.60 bits per heavy atom. The van der Waals surface area contributed by atoms with Crippen molar-refractivity contribution in [3.8, 4) is 17.0 Å². The molecule has 1 aromatic heterocycles. The maximum atomic E-state index is 12.7. The molecule has 0 aliphatic heterocycles. The van der Waals surface area contributed by atoms with Gasteiger partial charge in [-0.2, -0.15) is 13.2 Å². The summed E-state index contributed by atoms with van der Waals surface area (Å²) in [7, 11) is 1.41. The number of hydrogen-bond donors (Lipinski definition) is 1. The van der Waals surface area contributed by atoms with Crippen LogP contribution in [0, 0.1) is 4.77 Å². The molecule has 1 N–H and O–H groups in total. The summed E-state index contributed by atoms with van der Waals surface area (Å²) in [4.78, 5) is 5.90. The first-order valence-electron chi connectivity index (χ1n) is 5.34. The van der Waals surface area contributed by atoms with Crippen LogP contribution in [0.15, 0.2) is 24.3 Å². The summed E-state index contributed by atoms with van der Waals surface area (Å²) in [5, 5.41) is 0.355. The first-order valence-corrected chi connectivity index (χ1v) is 6.12. The van der Waals surface area contributed by atoms with E-state index < -0.39 is 11.9 Å². The minimum absolute atomic E-state index is 0.0936. The predicted octanol–water partition coefficient (Wildman–Crippen LogP) is 4.49. The van der Waals surface area contributed by atoms with E-state index in [0.29, 0.717) is 16.3 Å². The summed E-state index contributed by atoms with van der Waals surface area (Å²) in [6.45, 7) is 0. The number of alkyl halides is 3. The van der Waals surface area contributed by atoms with Gasteiger partial charge in [-0.1, -0.05) is 17.7 Å². The molecule has 0 fully saturated rings. The quantitative estimate of drug-likeness (QED) is 0.829. The van der Waals surface area contributed by atoms with Crippen molar-refractivity contribution in [2.24, 2.45) is 0 Å². The molecule has 106 valence electrons. The van der Waals surface area contributed by atoms with Gasteiger partial charge < -0.3 is 9.72 Å². The van der Waals surface area contributed by atoms with Crippen LogP contribution in [-0.2, 0) is 6.18 Å². The summed E-state index contributed by atoms with van der Waals surface area (Å²) in [6.07, 6.45) is -4.53. The van der Waals surface area contributed by atoms with Crippen LogP contribution in [0.3, 0.4) is 0 Å². The number of rotatable bonds is 2. The lowest BCUT2D eigenvalue weighted by Crippen LogP contribution is -2.09. The van der Waals surface area contributed by atoms with Crippen molar-refractivity contribution in [3.05, 3.63) is 39.8 Å². The molecular formula is C12H8ClF3N2OS. The van der Waals surface area contributed by atoms with Gasteiger partial charge in [0.2, 0.25) is 0 Å². The number of ether oxygens (including phenoxy) is 1. The second-order valence-electron chi connectivity index (χ2n) is 3.83. The topological polar surface area (TPSA) is 37.9 Å². The van der Waals surface area contributed by atoms with Crippen molar-refractivity contribution in [3.63, 3.8) is 0 Å². The molecule has 0 amide bonds. The number of methoxy groups -OCH3 is 1. The zero-order valence-electron chi connectivity index (χ0n) is 10.1. The van der Waals surface area contributed by atoms with E-state index in [9.17, 15) is 13.2 Å². The zero-order chi connectivity index (χ0) is 14.9. The van der Waals surface area contributed by atoms with Gasteiger partial charge in [0.15, 0.2) is 4.77 Å². The van der Waals surface area contributed by atoms with E-state index >= 15 is 0 Å². The fourth-order valence-electron chi connectivity index (χ4n) is 1.58. The fraction of sp³-hybridized carbons (Fsp3) is 0.167. The summed E-state index contributed by atoms with van der Waals surface area (Å²) < 4.78 is 42.9. The van der Waals surface area contributed by atoms with Crippen LogP contribution in [0.5, 0.6) is 5.75 Å². The maximum Gasteiger partial charge on any atom is 0.431 e. The van der Waals surface area contributed by atoms with Gasteiger partial charge in [-0.15, -0.1) is 0 Å². The second-order valence-corrected chi connectivity index (χ2v) is 4.63. The van der Waals surface area contributed by atoms with Crippen molar-refractivity contribution < 1.29 is 17.9 Å². The highest BCUT2D eigenvalue weighted by molar-refractivity contribution is 7.71. The Morgan fingerprint density at radius 2 is 2.00 bits per heavy atom. The Bertz CT molecular complexity index is 700. The van der Waals surface area contributed by atoms with E-state index in [0.717, 1.165) is 6.07 Å². The van der Waals surface area contributed by atoms with Crippen molar-refractivity contribution >= 4 is 23.8 Å². The van der Waals surface area contributed by atoms with Crippen LogP contribution in [-0.4, -0.2) is 17.1 Å². The molecule has 0 aliphatic carbocycles. The Labute approximate surface area is 122 Å².